The van der Waals surface area contributed by atoms with Gasteiger partial charge in [0.2, 0.25) is 5.91 Å². The lowest BCUT2D eigenvalue weighted by Gasteiger charge is -2.09. The Hall–Kier alpha value is -1.10. The quantitative estimate of drug-likeness (QED) is 0.863. The summed E-state index contributed by atoms with van der Waals surface area (Å²) in [5, 5.41) is 3.21. The van der Waals surface area contributed by atoms with Crippen LogP contribution < -0.4 is 5.32 Å². The summed E-state index contributed by atoms with van der Waals surface area (Å²) in [6.45, 7) is 2.65. The highest BCUT2D eigenvalue weighted by Gasteiger charge is 2.09. The van der Waals surface area contributed by atoms with E-state index in [0.717, 1.165) is 18.6 Å². The summed E-state index contributed by atoms with van der Waals surface area (Å²) in [7, 11) is 0. The van der Waals surface area contributed by atoms with Gasteiger partial charge < -0.3 is 5.32 Å². The van der Waals surface area contributed by atoms with Crippen LogP contribution in [-0.4, -0.2) is 24.0 Å². The highest BCUT2D eigenvalue weighted by atomic mass is 32.2. The normalized spacial score (nSPS) is 12.2. The monoisotopic (exact) mass is 273 g/mol. The smallest absolute Gasteiger partial charge is 0.224 e. The molecule has 1 rings (SSSR count). The van der Waals surface area contributed by atoms with E-state index in [2.05, 4.69) is 12.2 Å². The van der Waals surface area contributed by atoms with Crippen molar-refractivity contribution in [3.05, 3.63) is 35.4 Å². The molecular weight excluding hydrogens is 256 g/mol. The average molecular weight is 273 g/mol. The molecule has 0 saturated carbocycles. The van der Waals surface area contributed by atoms with Crippen molar-refractivity contribution in [3.8, 4) is 0 Å². The predicted molar refractivity (Wildman–Crippen MR) is 70.7 cm³/mol. The second-order valence-electron chi connectivity index (χ2n) is 4.10. The van der Waals surface area contributed by atoms with E-state index >= 15 is 0 Å². The maximum atomic E-state index is 13.3. The van der Waals surface area contributed by atoms with Crippen molar-refractivity contribution in [3.63, 3.8) is 0 Å². The molecule has 1 unspecified atom stereocenters. The van der Waals surface area contributed by atoms with Crippen LogP contribution in [0.2, 0.25) is 0 Å². The van der Waals surface area contributed by atoms with Crippen LogP contribution >= 0.6 is 11.8 Å². The van der Waals surface area contributed by atoms with Gasteiger partial charge in [0.15, 0.2) is 0 Å². The minimum absolute atomic E-state index is 0.0558. The standard InChI is InChI=1S/C13H17F2NOS/c1-9(18-2)5-6-16-13(17)7-10-3-4-11(14)8-12(10)15/h3-4,8-9H,5-7H2,1-2H3,(H,16,17). The summed E-state index contributed by atoms with van der Waals surface area (Å²) in [6, 6.07) is 3.24. The largest absolute Gasteiger partial charge is 0.356 e. The van der Waals surface area contributed by atoms with E-state index < -0.39 is 11.6 Å². The van der Waals surface area contributed by atoms with Crippen LogP contribution in [0.4, 0.5) is 8.78 Å². The number of carbonyl (C=O) groups excluding carboxylic acids is 1. The van der Waals surface area contributed by atoms with Crippen LogP contribution in [0.25, 0.3) is 0 Å². The van der Waals surface area contributed by atoms with Gasteiger partial charge in [-0.25, -0.2) is 8.78 Å². The lowest BCUT2D eigenvalue weighted by atomic mass is 10.1. The zero-order chi connectivity index (χ0) is 13.5. The molecule has 0 spiro atoms. The van der Waals surface area contributed by atoms with Crippen molar-refractivity contribution in [2.45, 2.75) is 25.0 Å². The van der Waals surface area contributed by atoms with E-state index in [4.69, 9.17) is 0 Å². The van der Waals surface area contributed by atoms with E-state index in [1.165, 1.54) is 6.07 Å². The van der Waals surface area contributed by atoms with Gasteiger partial charge in [0.1, 0.15) is 11.6 Å². The molecule has 1 atom stereocenters. The zero-order valence-electron chi connectivity index (χ0n) is 10.5. The van der Waals surface area contributed by atoms with E-state index in [1.54, 1.807) is 11.8 Å². The Morgan fingerprint density at radius 3 is 2.78 bits per heavy atom. The number of hydrogen-bond acceptors (Lipinski definition) is 2. The van der Waals surface area contributed by atoms with Gasteiger partial charge in [0.25, 0.3) is 0 Å². The number of amides is 1. The van der Waals surface area contributed by atoms with Crippen LogP contribution in [0.5, 0.6) is 0 Å². The van der Waals surface area contributed by atoms with Crippen molar-refractivity contribution in [1.29, 1.82) is 0 Å². The fourth-order valence-electron chi connectivity index (χ4n) is 1.43. The third-order valence-electron chi connectivity index (χ3n) is 2.64. The molecule has 2 nitrogen and oxygen atoms in total. The Balaban J connectivity index is 2.40. The van der Waals surface area contributed by atoms with Crippen molar-refractivity contribution < 1.29 is 13.6 Å². The third-order valence-corrected chi connectivity index (χ3v) is 3.68. The molecule has 0 heterocycles. The van der Waals surface area contributed by atoms with E-state index in [1.807, 2.05) is 6.26 Å². The zero-order valence-corrected chi connectivity index (χ0v) is 11.3. The molecule has 0 aliphatic carbocycles. The summed E-state index contributed by atoms with van der Waals surface area (Å²) in [5.74, 6) is -1.55. The lowest BCUT2D eigenvalue weighted by molar-refractivity contribution is -0.120. The van der Waals surface area contributed by atoms with Crippen molar-refractivity contribution >= 4 is 17.7 Å². The highest BCUT2D eigenvalue weighted by molar-refractivity contribution is 7.99. The van der Waals surface area contributed by atoms with Crippen LogP contribution in [0.3, 0.4) is 0 Å². The SMILES string of the molecule is CSC(C)CCNC(=O)Cc1ccc(F)cc1F. The Labute approximate surface area is 110 Å². The fourth-order valence-corrected chi connectivity index (χ4v) is 1.79. The molecule has 100 valence electrons. The minimum atomic E-state index is -0.678. The topological polar surface area (TPSA) is 29.1 Å². The molecule has 0 radical (unpaired) electrons. The molecule has 0 saturated heterocycles. The van der Waals surface area contributed by atoms with Crippen molar-refractivity contribution in [2.75, 3.05) is 12.8 Å². The third kappa shape index (κ3) is 5.04. The summed E-state index contributed by atoms with van der Waals surface area (Å²) in [5.41, 5.74) is 0.215. The van der Waals surface area contributed by atoms with Crippen LogP contribution in [0.1, 0.15) is 18.9 Å². The number of rotatable bonds is 6. The van der Waals surface area contributed by atoms with Crippen molar-refractivity contribution in [2.24, 2.45) is 0 Å². The van der Waals surface area contributed by atoms with Crippen LogP contribution in [0, 0.1) is 11.6 Å². The highest BCUT2D eigenvalue weighted by Crippen LogP contribution is 2.10. The summed E-state index contributed by atoms with van der Waals surface area (Å²) >= 11 is 1.73. The van der Waals surface area contributed by atoms with E-state index in [-0.39, 0.29) is 17.9 Å². The molecule has 1 aromatic carbocycles. The Morgan fingerprint density at radius 2 is 2.17 bits per heavy atom. The Bertz CT molecular complexity index is 412. The molecule has 5 heteroatoms. The van der Waals surface area contributed by atoms with E-state index in [0.29, 0.717) is 11.8 Å². The molecular formula is C13H17F2NOS. The molecule has 0 bridgehead atoms. The first-order valence-electron chi connectivity index (χ1n) is 5.76. The van der Waals surface area contributed by atoms with Gasteiger partial charge in [-0.1, -0.05) is 13.0 Å². The summed E-state index contributed by atoms with van der Waals surface area (Å²) in [6.07, 6.45) is 2.83. The first kappa shape index (κ1) is 15.0. The molecule has 0 fully saturated rings. The number of hydrogen-bond donors (Lipinski definition) is 1. The molecule has 0 aromatic heterocycles. The molecule has 1 N–H and O–H groups in total. The minimum Gasteiger partial charge on any atom is -0.356 e. The number of carbonyl (C=O) groups is 1. The Kier molecular flexibility index (Phi) is 6.12. The second kappa shape index (κ2) is 7.36. The van der Waals surface area contributed by atoms with E-state index in [9.17, 15) is 13.6 Å². The van der Waals surface area contributed by atoms with Gasteiger partial charge >= 0.3 is 0 Å². The summed E-state index contributed by atoms with van der Waals surface area (Å²) < 4.78 is 26.0. The summed E-state index contributed by atoms with van der Waals surface area (Å²) in [4.78, 5) is 11.5. The van der Waals surface area contributed by atoms with Gasteiger partial charge in [-0.3, -0.25) is 4.79 Å². The van der Waals surface area contributed by atoms with Gasteiger partial charge in [-0.05, 0) is 24.3 Å². The first-order chi connectivity index (χ1) is 8.52. The maximum Gasteiger partial charge on any atom is 0.224 e. The number of thioether (sulfide) groups is 1. The van der Waals surface area contributed by atoms with Crippen LogP contribution in [-0.2, 0) is 11.2 Å². The average Bonchev–Trinajstić information content (AvgIpc) is 2.32. The van der Waals surface area contributed by atoms with Gasteiger partial charge in [-0.15, -0.1) is 0 Å². The lowest BCUT2D eigenvalue weighted by Crippen LogP contribution is -2.27. The first-order valence-corrected chi connectivity index (χ1v) is 7.05. The van der Waals surface area contributed by atoms with Crippen LogP contribution in [0.15, 0.2) is 18.2 Å². The molecule has 1 amide bonds. The molecule has 0 aliphatic heterocycles. The van der Waals surface area contributed by atoms with Gasteiger partial charge in [-0.2, -0.15) is 11.8 Å². The number of nitrogens with one attached hydrogen (secondary N) is 1. The molecule has 18 heavy (non-hydrogen) atoms. The Morgan fingerprint density at radius 1 is 1.44 bits per heavy atom. The van der Waals surface area contributed by atoms with Crippen molar-refractivity contribution in [1.82, 2.24) is 5.32 Å². The second-order valence-corrected chi connectivity index (χ2v) is 5.37. The maximum absolute atomic E-state index is 13.3. The predicted octanol–water partition coefficient (Wildman–Crippen LogP) is 2.77. The number of benzene rings is 1. The number of halogens is 2. The van der Waals surface area contributed by atoms with Gasteiger partial charge in [0.05, 0.1) is 6.42 Å². The molecule has 1 aromatic rings. The molecule has 0 aliphatic rings. The van der Waals surface area contributed by atoms with Gasteiger partial charge in [0, 0.05) is 17.9 Å². The fraction of sp³-hybridized carbons (Fsp3) is 0.462.